The van der Waals surface area contributed by atoms with Crippen molar-refractivity contribution in [2.45, 2.75) is 20.5 Å². The molecule has 4 nitrogen and oxygen atoms in total. The summed E-state index contributed by atoms with van der Waals surface area (Å²) in [7, 11) is 0. The predicted molar refractivity (Wildman–Crippen MR) is 77.6 cm³/mol. The molecule has 0 atom stereocenters. The van der Waals surface area contributed by atoms with Crippen LogP contribution in [0.25, 0.3) is 0 Å². The monoisotopic (exact) mass is 271 g/mol. The summed E-state index contributed by atoms with van der Waals surface area (Å²) < 4.78 is 5.25. The highest BCUT2D eigenvalue weighted by atomic mass is 16.5. The second-order valence-electron chi connectivity index (χ2n) is 4.77. The molecular formula is C16H17NO3. The fourth-order valence-electron chi connectivity index (χ4n) is 1.91. The summed E-state index contributed by atoms with van der Waals surface area (Å²) in [6.45, 7) is 3.91. The van der Waals surface area contributed by atoms with Gasteiger partial charge >= 0.3 is 5.97 Å². The zero-order valence-corrected chi connectivity index (χ0v) is 11.5. The van der Waals surface area contributed by atoms with Gasteiger partial charge in [-0.25, -0.2) is 4.79 Å². The molecule has 0 heterocycles. The third-order valence-electron chi connectivity index (χ3n) is 3.14. The van der Waals surface area contributed by atoms with Gasteiger partial charge in [0.2, 0.25) is 0 Å². The Hall–Kier alpha value is -2.49. The van der Waals surface area contributed by atoms with E-state index in [0.29, 0.717) is 11.3 Å². The van der Waals surface area contributed by atoms with E-state index in [4.69, 9.17) is 10.5 Å². The van der Waals surface area contributed by atoms with Crippen LogP contribution in [0.4, 0.5) is 5.69 Å². The maximum Gasteiger partial charge on any atom is 0.338 e. The van der Waals surface area contributed by atoms with E-state index in [-0.39, 0.29) is 12.4 Å². The number of aryl methyl sites for hydroxylation is 2. The van der Waals surface area contributed by atoms with Gasteiger partial charge in [0.15, 0.2) is 0 Å². The van der Waals surface area contributed by atoms with Crippen LogP contribution in [0.15, 0.2) is 36.4 Å². The van der Waals surface area contributed by atoms with Gasteiger partial charge < -0.3 is 15.6 Å². The Labute approximate surface area is 117 Å². The molecule has 4 heteroatoms. The number of phenols is 1. The van der Waals surface area contributed by atoms with Gasteiger partial charge in [-0.1, -0.05) is 18.2 Å². The van der Waals surface area contributed by atoms with Crippen molar-refractivity contribution >= 4 is 11.7 Å². The van der Waals surface area contributed by atoms with Crippen molar-refractivity contribution in [2.24, 2.45) is 0 Å². The van der Waals surface area contributed by atoms with Crippen molar-refractivity contribution < 1.29 is 14.6 Å². The van der Waals surface area contributed by atoms with Crippen LogP contribution in [0, 0.1) is 13.8 Å². The van der Waals surface area contributed by atoms with E-state index in [1.165, 1.54) is 0 Å². The first kappa shape index (κ1) is 13.9. The van der Waals surface area contributed by atoms with Gasteiger partial charge in [0.05, 0.1) is 5.56 Å². The Balaban J connectivity index is 2.09. The van der Waals surface area contributed by atoms with Crippen LogP contribution in [-0.4, -0.2) is 11.1 Å². The number of nitrogen functional groups attached to an aromatic ring is 1. The second-order valence-corrected chi connectivity index (χ2v) is 4.77. The quantitative estimate of drug-likeness (QED) is 0.665. The number of aromatic hydroxyl groups is 1. The first-order chi connectivity index (χ1) is 9.47. The molecule has 0 bridgehead atoms. The third kappa shape index (κ3) is 3.09. The van der Waals surface area contributed by atoms with E-state index < -0.39 is 5.97 Å². The average Bonchev–Trinajstić information content (AvgIpc) is 2.42. The number of esters is 1. The lowest BCUT2D eigenvalue weighted by Gasteiger charge is -2.10. The Morgan fingerprint density at radius 2 is 1.80 bits per heavy atom. The SMILES string of the molecule is Cc1cc(C)c(C(=O)OCc2ccc(O)cc2)cc1N. The lowest BCUT2D eigenvalue weighted by atomic mass is 10.0. The van der Waals surface area contributed by atoms with Gasteiger partial charge in [0.25, 0.3) is 0 Å². The molecule has 2 rings (SSSR count). The van der Waals surface area contributed by atoms with E-state index in [2.05, 4.69) is 0 Å². The summed E-state index contributed by atoms with van der Waals surface area (Å²) in [5.41, 5.74) is 9.47. The Morgan fingerprint density at radius 1 is 1.15 bits per heavy atom. The molecule has 0 spiro atoms. The molecule has 0 aromatic heterocycles. The molecule has 0 fully saturated rings. The van der Waals surface area contributed by atoms with E-state index in [1.807, 2.05) is 19.9 Å². The molecule has 0 aliphatic rings. The first-order valence-electron chi connectivity index (χ1n) is 6.29. The van der Waals surface area contributed by atoms with Crippen LogP contribution in [0.2, 0.25) is 0 Å². The lowest BCUT2D eigenvalue weighted by molar-refractivity contribution is 0.0472. The molecule has 0 saturated heterocycles. The van der Waals surface area contributed by atoms with Gasteiger partial charge in [-0.05, 0) is 48.7 Å². The second kappa shape index (κ2) is 5.65. The Morgan fingerprint density at radius 3 is 2.45 bits per heavy atom. The number of nitrogens with two attached hydrogens (primary N) is 1. The van der Waals surface area contributed by atoms with Gasteiger partial charge in [0.1, 0.15) is 12.4 Å². The van der Waals surface area contributed by atoms with Crippen LogP contribution in [0.5, 0.6) is 5.75 Å². The summed E-state index contributed by atoms with van der Waals surface area (Å²) in [4.78, 5) is 12.0. The van der Waals surface area contributed by atoms with E-state index in [0.717, 1.165) is 16.7 Å². The molecule has 2 aromatic rings. The molecule has 104 valence electrons. The van der Waals surface area contributed by atoms with Gasteiger partial charge in [-0.15, -0.1) is 0 Å². The number of carbonyl (C=O) groups is 1. The third-order valence-corrected chi connectivity index (χ3v) is 3.14. The molecule has 0 radical (unpaired) electrons. The Bertz CT molecular complexity index is 633. The van der Waals surface area contributed by atoms with E-state index >= 15 is 0 Å². The molecule has 20 heavy (non-hydrogen) atoms. The van der Waals surface area contributed by atoms with Crippen molar-refractivity contribution in [3.63, 3.8) is 0 Å². The van der Waals surface area contributed by atoms with Gasteiger partial charge in [0, 0.05) is 5.69 Å². The summed E-state index contributed by atoms with van der Waals surface area (Å²) in [6.07, 6.45) is 0. The fourth-order valence-corrected chi connectivity index (χ4v) is 1.91. The smallest absolute Gasteiger partial charge is 0.338 e. The highest BCUT2D eigenvalue weighted by molar-refractivity contribution is 5.92. The summed E-state index contributed by atoms with van der Waals surface area (Å²) >= 11 is 0. The molecule has 0 aliphatic heterocycles. The minimum Gasteiger partial charge on any atom is -0.508 e. The molecule has 2 aromatic carbocycles. The molecular weight excluding hydrogens is 254 g/mol. The number of phenolic OH excluding ortho intramolecular Hbond substituents is 1. The highest BCUT2D eigenvalue weighted by Crippen LogP contribution is 2.19. The van der Waals surface area contributed by atoms with Crippen molar-refractivity contribution in [2.75, 3.05) is 5.73 Å². The van der Waals surface area contributed by atoms with Crippen LogP contribution in [0.3, 0.4) is 0 Å². The minimum absolute atomic E-state index is 0.159. The summed E-state index contributed by atoms with van der Waals surface area (Å²) in [6, 6.07) is 10.0. The number of ether oxygens (including phenoxy) is 1. The number of anilines is 1. The lowest BCUT2D eigenvalue weighted by Crippen LogP contribution is -2.08. The van der Waals surface area contributed by atoms with Gasteiger partial charge in [-0.2, -0.15) is 0 Å². The summed E-state index contributed by atoms with van der Waals surface area (Å²) in [5, 5.41) is 9.18. The zero-order chi connectivity index (χ0) is 14.7. The number of rotatable bonds is 3. The van der Waals surface area contributed by atoms with Crippen molar-refractivity contribution in [3.05, 3.63) is 58.7 Å². The topological polar surface area (TPSA) is 72.5 Å². The maximum atomic E-state index is 12.0. The Kier molecular flexibility index (Phi) is 3.94. The highest BCUT2D eigenvalue weighted by Gasteiger charge is 2.12. The van der Waals surface area contributed by atoms with Crippen molar-refractivity contribution in [1.82, 2.24) is 0 Å². The average molecular weight is 271 g/mol. The van der Waals surface area contributed by atoms with E-state index in [9.17, 15) is 9.90 Å². The fraction of sp³-hybridized carbons (Fsp3) is 0.188. The van der Waals surface area contributed by atoms with Crippen molar-refractivity contribution in [3.8, 4) is 5.75 Å². The standard InChI is InChI=1S/C16H17NO3/c1-10-7-11(2)15(17)8-14(10)16(19)20-9-12-3-5-13(18)6-4-12/h3-8,18H,9,17H2,1-2H3. The first-order valence-corrected chi connectivity index (χ1v) is 6.29. The zero-order valence-electron chi connectivity index (χ0n) is 11.5. The minimum atomic E-state index is -0.401. The van der Waals surface area contributed by atoms with Gasteiger partial charge in [-0.3, -0.25) is 0 Å². The van der Waals surface area contributed by atoms with Crippen LogP contribution in [0.1, 0.15) is 27.0 Å². The maximum absolute atomic E-state index is 12.0. The normalized spacial score (nSPS) is 10.3. The largest absolute Gasteiger partial charge is 0.508 e. The van der Waals surface area contributed by atoms with Crippen molar-refractivity contribution in [1.29, 1.82) is 0 Å². The molecule has 0 unspecified atom stereocenters. The predicted octanol–water partition coefficient (Wildman–Crippen LogP) is 2.95. The molecule has 0 aliphatic carbocycles. The number of hydrogen-bond donors (Lipinski definition) is 2. The molecule has 0 amide bonds. The summed E-state index contributed by atoms with van der Waals surface area (Å²) in [5.74, 6) is -0.218. The number of hydrogen-bond acceptors (Lipinski definition) is 4. The number of benzene rings is 2. The van der Waals surface area contributed by atoms with E-state index in [1.54, 1.807) is 30.3 Å². The molecule has 3 N–H and O–H groups in total. The van der Waals surface area contributed by atoms with Crippen LogP contribution >= 0.6 is 0 Å². The molecule has 0 saturated carbocycles. The van der Waals surface area contributed by atoms with Crippen LogP contribution in [-0.2, 0) is 11.3 Å². The van der Waals surface area contributed by atoms with Crippen LogP contribution < -0.4 is 5.73 Å². The number of carbonyl (C=O) groups excluding carboxylic acids is 1.